The third-order valence-electron chi connectivity index (χ3n) is 2.61. The number of carbonyl (C=O) groups is 2. The predicted octanol–water partition coefficient (Wildman–Crippen LogP) is -0.774. The van der Waals surface area contributed by atoms with Gasteiger partial charge < -0.3 is 0 Å². The van der Waals surface area contributed by atoms with Gasteiger partial charge in [0.05, 0.1) is 0 Å². The van der Waals surface area contributed by atoms with E-state index in [0.717, 1.165) is 0 Å². The van der Waals surface area contributed by atoms with Crippen LogP contribution in [0.25, 0.3) is 0 Å². The molecule has 6 N–H and O–H groups in total. The van der Waals surface area contributed by atoms with Gasteiger partial charge in [-0.25, -0.2) is 0 Å². The zero-order valence-corrected chi connectivity index (χ0v) is 21.0. The molecule has 0 aromatic rings. The molecule has 0 heterocycles. The molecule has 12 heteroatoms. The first-order valence-electron chi connectivity index (χ1n) is 5.92. The van der Waals surface area contributed by atoms with Gasteiger partial charge in [0.1, 0.15) is 0 Å². The molecule has 0 bridgehead atoms. The van der Waals surface area contributed by atoms with Crippen molar-refractivity contribution in [3.63, 3.8) is 0 Å². The van der Waals surface area contributed by atoms with Crippen molar-refractivity contribution in [1.29, 1.82) is 0 Å². The molecule has 0 aromatic carbocycles. The van der Waals surface area contributed by atoms with Crippen molar-refractivity contribution < 1.29 is 19.8 Å². The zero-order chi connectivity index (χ0) is 17.6. The van der Waals surface area contributed by atoms with Gasteiger partial charge in [-0.3, -0.25) is 0 Å². The summed E-state index contributed by atoms with van der Waals surface area (Å²) in [6.45, 7) is 7.48. The summed E-state index contributed by atoms with van der Waals surface area (Å²) in [7, 11) is 3.33. The van der Waals surface area contributed by atoms with Crippen LogP contribution in [0.1, 0.15) is 27.7 Å². The fourth-order valence-electron chi connectivity index (χ4n) is 0.924. The van der Waals surface area contributed by atoms with E-state index in [9.17, 15) is 9.59 Å². The Balaban J connectivity index is 4.01. The van der Waals surface area contributed by atoms with Crippen LogP contribution in [0.4, 0.5) is 0 Å². The molecule has 0 spiro atoms. The molecule has 0 unspecified atom stereocenters. The average molecular weight is 612 g/mol. The molecule has 0 aliphatic rings. The summed E-state index contributed by atoms with van der Waals surface area (Å²) >= 11 is 1.73. The summed E-state index contributed by atoms with van der Waals surface area (Å²) in [5.41, 5.74) is 11.4. The van der Waals surface area contributed by atoms with E-state index in [1.54, 1.807) is 20.4 Å². The minimum absolute atomic E-state index is 0.352. The number of nitrogens with two attached hydrogens (primary N) is 2. The Morgan fingerprint density at radius 2 is 1.14 bits per heavy atom. The molecule has 0 aliphatic carbocycles. The monoisotopic (exact) mass is 616 g/mol. The topological polar surface area (TPSA) is 127 Å². The molecule has 0 aromatic heterocycles. The summed E-state index contributed by atoms with van der Waals surface area (Å²) in [6, 6.07) is -1.70. The number of carboxylic acids is 2. The molecule has 0 amide bonds. The van der Waals surface area contributed by atoms with E-state index in [0.29, 0.717) is 46.6 Å². The van der Waals surface area contributed by atoms with Gasteiger partial charge in [0.25, 0.3) is 0 Å². The Labute approximate surface area is 158 Å². The van der Waals surface area contributed by atoms with E-state index in [1.807, 2.05) is 27.7 Å². The SMILES string of the molecule is CC(C)(S[Se][Se][Se][Se]SC(C)(C)[C@@H](N)C(=O)O)[C@@H](N)C(=O)O. The first-order chi connectivity index (χ1) is 9.92. The van der Waals surface area contributed by atoms with Crippen LogP contribution < -0.4 is 11.5 Å². The van der Waals surface area contributed by atoms with E-state index in [-0.39, 0.29) is 0 Å². The van der Waals surface area contributed by atoms with Crippen LogP contribution in [-0.4, -0.2) is 90.4 Å². The molecule has 0 aliphatic heterocycles. The van der Waals surface area contributed by atoms with Gasteiger partial charge in [-0.15, -0.1) is 0 Å². The number of hydrogen-bond donors (Lipinski definition) is 4. The fourth-order valence-corrected chi connectivity index (χ4v) is 77.9. The van der Waals surface area contributed by atoms with E-state index in [1.165, 1.54) is 0 Å². The molecule has 0 fully saturated rings. The van der Waals surface area contributed by atoms with Gasteiger partial charge in [-0.2, -0.15) is 0 Å². The molecule has 0 rings (SSSR count). The van der Waals surface area contributed by atoms with Gasteiger partial charge in [0.15, 0.2) is 0 Å². The van der Waals surface area contributed by atoms with Crippen LogP contribution in [0.5, 0.6) is 0 Å². The van der Waals surface area contributed by atoms with Crippen LogP contribution >= 0.6 is 20.4 Å². The van der Waals surface area contributed by atoms with Crippen molar-refractivity contribution >= 4 is 78.9 Å². The number of hydrogen-bond acceptors (Lipinski definition) is 6. The maximum atomic E-state index is 10.9. The van der Waals surface area contributed by atoms with Crippen LogP contribution in [0.2, 0.25) is 0 Å². The van der Waals surface area contributed by atoms with Crippen molar-refractivity contribution in [2.24, 2.45) is 11.5 Å². The van der Waals surface area contributed by atoms with E-state index < -0.39 is 33.5 Å². The van der Waals surface area contributed by atoms with E-state index in [4.69, 9.17) is 21.7 Å². The summed E-state index contributed by atoms with van der Waals surface area (Å²) in [5, 5.41) is 17.9. The molecular formula is C10H20N2O4S2Se4. The Kier molecular flexibility index (Phi) is 11.4. The normalized spacial score (nSPS) is 15.4. The quantitative estimate of drug-likeness (QED) is 0.177. The van der Waals surface area contributed by atoms with Crippen molar-refractivity contribution in [2.45, 2.75) is 49.3 Å². The van der Waals surface area contributed by atoms with Crippen molar-refractivity contribution in [1.82, 2.24) is 0 Å². The van der Waals surface area contributed by atoms with Crippen LogP contribution in [0.15, 0.2) is 0 Å². The number of rotatable bonds is 11. The Morgan fingerprint density at radius 1 is 0.864 bits per heavy atom. The average Bonchev–Trinajstić information content (AvgIpc) is 2.40. The minimum atomic E-state index is -0.963. The van der Waals surface area contributed by atoms with Crippen LogP contribution in [0.3, 0.4) is 0 Å². The maximum absolute atomic E-state index is 10.9. The van der Waals surface area contributed by atoms with E-state index in [2.05, 4.69) is 0 Å². The second-order valence-electron chi connectivity index (χ2n) is 5.28. The fraction of sp³-hybridized carbons (Fsp3) is 0.800. The molecular weight excluding hydrogens is 592 g/mol. The standard InChI is InChI=1S/C10H20N2O4S2Se4/c1-9(2,5(11)7(13)14)17-19-21-22-20-18-10(3,4)6(12)8(15)16/h5-6H,11-12H2,1-4H3,(H,13,14)(H,15,16)/t5-,6-/m0/s1. The molecule has 22 heavy (non-hydrogen) atoms. The summed E-state index contributed by atoms with van der Waals surface area (Å²) < 4.78 is -0.899. The summed E-state index contributed by atoms with van der Waals surface area (Å²) in [6.07, 6.45) is 0. The van der Waals surface area contributed by atoms with Crippen LogP contribution in [-0.2, 0) is 9.59 Å². The second kappa shape index (κ2) is 10.6. The first-order valence-corrected chi connectivity index (χ1v) is 24.6. The number of aliphatic carboxylic acids is 2. The van der Waals surface area contributed by atoms with Crippen molar-refractivity contribution in [3.05, 3.63) is 0 Å². The molecule has 0 saturated carbocycles. The van der Waals surface area contributed by atoms with Gasteiger partial charge >= 0.3 is 159 Å². The third-order valence-corrected chi connectivity index (χ3v) is 58.4. The third kappa shape index (κ3) is 8.65. The molecule has 0 saturated heterocycles. The number of carboxylic acid groups (broad SMARTS) is 2. The Bertz CT molecular complexity index is 365. The molecule has 2 atom stereocenters. The second-order valence-corrected chi connectivity index (χ2v) is 39.7. The molecule has 6 nitrogen and oxygen atoms in total. The molecule has 130 valence electrons. The van der Waals surface area contributed by atoms with Crippen molar-refractivity contribution in [3.8, 4) is 0 Å². The van der Waals surface area contributed by atoms with Gasteiger partial charge in [-0.1, -0.05) is 0 Å². The summed E-state index contributed by atoms with van der Waals surface area (Å²) in [4.78, 5) is 21.9. The predicted molar refractivity (Wildman–Crippen MR) is 97.6 cm³/mol. The van der Waals surface area contributed by atoms with Crippen LogP contribution in [0, 0.1) is 0 Å². The summed E-state index contributed by atoms with van der Waals surface area (Å²) in [5.74, 6) is -1.93. The first kappa shape index (κ1) is 23.6. The van der Waals surface area contributed by atoms with Gasteiger partial charge in [0, 0.05) is 0 Å². The Hall–Kier alpha value is 1.64. The van der Waals surface area contributed by atoms with Gasteiger partial charge in [0.2, 0.25) is 0 Å². The molecule has 0 radical (unpaired) electrons. The van der Waals surface area contributed by atoms with Gasteiger partial charge in [-0.05, 0) is 0 Å². The van der Waals surface area contributed by atoms with E-state index >= 15 is 0 Å². The van der Waals surface area contributed by atoms with Crippen molar-refractivity contribution in [2.75, 3.05) is 0 Å². The zero-order valence-electron chi connectivity index (χ0n) is 12.5. The Morgan fingerprint density at radius 3 is 1.36 bits per heavy atom.